The Morgan fingerprint density at radius 3 is 3.08 bits per heavy atom. The fraction of sp³-hybridized carbons (Fsp3) is 1.00. The molecular weight excluding hydrogens is 218 g/mol. The Morgan fingerprint density at radius 2 is 2.38 bits per heavy atom. The van der Waals surface area contributed by atoms with Gasteiger partial charge in [0.2, 0.25) is 0 Å². The van der Waals surface area contributed by atoms with Gasteiger partial charge in [-0.15, -0.1) is 0 Å². The lowest BCUT2D eigenvalue weighted by Gasteiger charge is -2.21. The van der Waals surface area contributed by atoms with Crippen LogP contribution >= 0.6 is 35.3 Å². The van der Waals surface area contributed by atoms with E-state index >= 15 is 0 Å². The molecule has 1 saturated heterocycles. The summed E-state index contributed by atoms with van der Waals surface area (Å²) in [5.74, 6) is 6.56. The Kier molecular flexibility index (Phi) is 7.74. The Bertz CT molecular complexity index is 115. The molecule has 0 radical (unpaired) electrons. The van der Waals surface area contributed by atoms with Crippen LogP contribution in [-0.2, 0) is 0 Å². The lowest BCUT2D eigenvalue weighted by atomic mass is 10.4. The van der Waals surface area contributed by atoms with Gasteiger partial charge in [-0.1, -0.05) is 6.92 Å². The smallest absolute Gasteiger partial charge is 0.0263 e. The molecule has 0 aromatic heterocycles. The van der Waals surface area contributed by atoms with Gasteiger partial charge in [0.15, 0.2) is 0 Å². The largest absolute Gasteiger partial charge is 0.315 e. The first kappa shape index (κ1) is 12.1. The molecule has 1 N–H and O–H groups in total. The van der Waals surface area contributed by atoms with E-state index in [2.05, 4.69) is 35.8 Å². The average molecular weight is 237 g/mol. The van der Waals surface area contributed by atoms with Crippen molar-refractivity contribution in [1.82, 2.24) is 5.32 Å². The van der Waals surface area contributed by atoms with Crippen LogP contribution in [0.25, 0.3) is 0 Å². The van der Waals surface area contributed by atoms with E-state index in [-0.39, 0.29) is 0 Å². The first-order valence-electron chi connectivity index (χ1n) is 4.91. The molecule has 0 saturated carbocycles. The van der Waals surface area contributed by atoms with Crippen molar-refractivity contribution < 1.29 is 0 Å². The van der Waals surface area contributed by atoms with Crippen molar-refractivity contribution in [2.75, 3.05) is 41.9 Å². The van der Waals surface area contributed by atoms with Gasteiger partial charge in [0.25, 0.3) is 0 Å². The molecule has 0 spiro atoms. The Labute approximate surface area is 94.6 Å². The van der Waals surface area contributed by atoms with E-state index < -0.39 is 0 Å². The maximum absolute atomic E-state index is 3.53. The van der Waals surface area contributed by atoms with E-state index in [1.165, 1.54) is 41.9 Å². The van der Waals surface area contributed by atoms with Crippen molar-refractivity contribution in [3.63, 3.8) is 0 Å². The van der Waals surface area contributed by atoms with Crippen LogP contribution in [0.15, 0.2) is 0 Å². The van der Waals surface area contributed by atoms with E-state index in [0.717, 1.165) is 5.25 Å². The summed E-state index contributed by atoms with van der Waals surface area (Å²) in [6, 6.07) is 0. The Hall–Kier alpha value is 1.01. The minimum absolute atomic E-state index is 0.866. The van der Waals surface area contributed by atoms with E-state index in [4.69, 9.17) is 0 Å². The van der Waals surface area contributed by atoms with Crippen molar-refractivity contribution in [3.8, 4) is 0 Å². The van der Waals surface area contributed by atoms with Crippen molar-refractivity contribution >= 4 is 35.3 Å². The topological polar surface area (TPSA) is 12.0 Å². The van der Waals surface area contributed by atoms with Crippen LogP contribution in [-0.4, -0.2) is 47.1 Å². The second-order valence-corrected chi connectivity index (χ2v) is 6.92. The van der Waals surface area contributed by atoms with Gasteiger partial charge in [-0.3, -0.25) is 0 Å². The lowest BCUT2D eigenvalue weighted by Crippen LogP contribution is -2.30. The molecule has 4 heteroatoms. The van der Waals surface area contributed by atoms with Crippen molar-refractivity contribution in [1.29, 1.82) is 0 Å². The molecule has 0 aromatic carbocycles. The molecule has 0 aliphatic carbocycles. The number of hydrogen-bond donors (Lipinski definition) is 1. The highest BCUT2D eigenvalue weighted by Crippen LogP contribution is 2.23. The fourth-order valence-electron chi connectivity index (χ4n) is 1.21. The summed E-state index contributed by atoms with van der Waals surface area (Å²) in [5.41, 5.74) is 0. The van der Waals surface area contributed by atoms with Crippen LogP contribution in [0.3, 0.4) is 0 Å². The minimum atomic E-state index is 0.866. The molecule has 0 amide bonds. The number of hydrogen-bond acceptors (Lipinski definition) is 4. The Balaban J connectivity index is 1.86. The number of thioether (sulfide) groups is 3. The maximum atomic E-state index is 3.53. The predicted molar refractivity (Wildman–Crippen MR) is 69.4 cm³/mol. The third-order valence-electron chi connectivity index (χ3n) is 1.88. The normalized spacial score (nSPS) is 23.3. The summed E-state index contributed by atoms with van der Waals surface area (Å²) >= 11 is 6.26. The molecule has 0 aromatic rings. The highest BCUT2D eigenvalue weighted by Gasteiger charge is 2.12. The molecule has 1 aliphatic rings. The van der Waals surface area contributed by atoms with Crippen LogP contribution in [0.1, 0.15) is 6.92 Å². The molecule has 1 atom stereocenters. The second-order valence-electron chi connectivity index (χ2n) is 2.97. The van der Waals surface area contributed by atoms with Crippen LogP contribution < -0.4 is 5.32 Å². The highest BCUT2D eigenvalue weighted by molar-refractivity contribution is 8.06. The first-order chi connectivity index (χ1) is 6.43. The molecule has 1 rings (SSSR count). The zero-order valence-corrected chi connectivity index (χ0v) is 10.7. The molecule has 1 aliphatic heterocycles. The summed E-state index contributed by atoms with van der Waals surface area (Å²) in [4.78, 5) is 0. The summed E-state index contributed by atoms with van der Waals surface area (Å²) in [6.07, 6.45) is 0. The van der Waals surface area contributed by atoms with Gasteiger partial charge < -0.3 is 5.32 Å². The summed E-state index contributed by atoms with van der Waals surface area (Å²) in [6.45, 7) is 4.61. The standard InChI is InChI=1S/C9H19NS3/c1-2-11-4-3-10-7-9-8-12-5-6-13-9/h9-10H,2-8H2,1H3. The average Bonchev–Trinajstić information content (AvgIpc) is 2.19. The molecule has 1 fully saturated rings. The summed E-state index contributed by atoms with van der Waals surface area (Å²) in [5, 5.41) is 4.40. The molecule has 1 heterocycles. The van der Waals surface area contributed by atoms with Crippen molar-refractivity contribution in [2.45, 2.75) is 12.2 Å². The van der Waals surface area contributed by atoms with E-state index in [1.54, 1.807) is 0 Å². The van der Waals surface area contributed by atoms with Gasteiger partial charge in [-0.05, 0) is 5.75 Å². The molecule has 13 heavy (non-hydrogen) atoms. The van der Waals surface area contributed by atoms with Crippen LogP contribution in [0, 0.1) is 0 Å². The zero-order chi connectivity index (χ0) is 9.36. The number of nitrogens with one attached hydrogen (secondary N) is 1. The Morgan fingerprint density at radius 1 is 1.46 bits per heavy atom. The minimum Gasteiger partial charge on any atom is -0.315 e. The molecule has 78 valence electrons. The zero-order valence-electron chi connectivity index (χ0n) is 8.25. The van der Waals surface area contributed by atoms with Crippen LogP contribution in [0.4, 0.5) is 0 Å². The van der Waals surface area contributed by atoms with Crippen molar-refractivity contribution in [3.05, 3.63) is 0 Å². The van der Waals surface area contributed by atoms with E-state index in [1.807, 2.05) is 11.8 Å². The van der Waals surface area contributed by atoms with Gasteiger partial charge in [0.05, 0.1) is 0 Å². The molecular formula is C9H19NS3. The molecule has 0 bridgehead atoms. The predicted octanol–water partition coefficient (Wildman–Crippen LogP) is 2.18. The van der Waals surface area contributed by atoms with Crippen LogP contribution in [0.5, 0.6) is 0 Å². The van der Waals surface area contributed by atoms with Gasteiger partial charge in [-0.25, -0.2) is 0 Å². The van der Waals surface area contributed by atoms with Gasteiger partial charge in [0, 0.05) is 41.4 Å². The molecule has 1 nitrogen and oxygen atoms in total. The van der Waals surface area contributed by atoms with E-state index in [0.29, 0.717) is 0 Å². The third-order valence-corrected chi connectivity index (χ3v) is 5.63. The van der Waals surface area contributed by atoms with E-state index in [9.17, 15) is 0 Å². The fourth-order valence-corrected chi connectivity index (χ4v) is 4.43. The van der Waals surface area contributed by atoms with Gasteiger partial charge in [-0.2, -0.15) is 35.3 Å². The first-order valence-corrected chi connectivity index (χ1v) is 8.27. The molecule has 1 unspecified atom stereocenters. The van der Waals surface area contributed by atoms with Gasteiger partial charge in [0.1, 0.15) is 0 Å². The second kappa shape index (κ2) is 8.33. The van der Waals surface area contributed by atoms with Gasteiger partial charge >= 0.3 is 0 Å². The van der Waals surface area contributed by atoms with Crippen molar-refractivity contribution in [2.24, 2.45) is 0 Å². The number of rotatable bonds is 6. The van der Waals surface area contributed by atoms with Crippen LogP contribution in [0.2, 0.25) is 0 Å². The SMILES string of the molecule is CCSCCNCC1CSCCS1. The maximum Gasteiger partial charge on any atom is 0.0263 e. The monoisotopic (exact) mass is 237 g/mol. The summed E-state index contributed by atoms with van der Waals surface area (Å²) in [7, 11) is 0. The quantitative estimate of drug-likeness (QED) is 0.710. The summed E-state index contributed by atoms with van der Waals surface area (Å²) < 4.78 is 0. The third kappa shape index (κ3) is 6.15. The lowest BCUT2D eigenvalue weighted by molar-refractivity contribution is 0.720. The highest BCUT2D eigenvalue weighted by atomic mass is 32.2.